The third kappa shape index (κ3) is 2.91. The van der Waals surface area contributed by atoms with E-state index < -0.39 is 29.9 Å². The third-order valence-electron chi connectivity index (χ3n) is 4.01. The van der Waals surface area contributed by atoms with Crippen molar-refractivity contribution in [2.24, 2.45) is 0 Å². The largest absolute Gasteiger partial charge is 0.393 e. The van der Waals surface area contributed by atoms with Crippen LogP contribution in [0.2, 0.25) is 0 Å². The Hall–Kier alpha value is -0.790. The van der Waals surface area contributed by atoms with Crippen LogP contribution >= 0.6 is 15.9 Å². The van der Waals surface area contributed by atoms with Crippen LogP contribution in [0.25, 0.3) is 0 Å². The monoisotopic (exact) mass is 365 g/mol. The summed E-state index contributed by atoms with van der Waals surface area (Å²) in [6.07, 6.45) is 1.62. The Morgan fingerprint density at radius 3 is 3.00 bits per heavy atom. The summed E-state index contributed by atoms with van der Waals surface area (Å²) in [5, 5.41) is 12.0. The summed E-state index contributed by atoms with van der Waals surface area (Å²) in [7, 11) is 0. The van der Waals surface area contributed by atoms with E-state index in [9.17, 15) is 14.3 Å². The molecule has 3 unspecified atom stereocenters. The maximum Gasteiger partial charge on any atom is 0.217 e. The average molecular weight is 366 g/mol. The van der Waals surface area contributed by atoms with Gasteiger partial charge in [-0.3, -0.25) is 4.79 Å². The highest BCUT2D eigenvalue weighted by molar-refractivity contribution is 9.11. The number of hydrogen-bond acceptors (Lipinski definition) is 3. The van der Waals surface area contributed by atoms with Crippen LogP contribution in [0.4, 0.5) is 8.78 Å². The van der Waals surface area contributed by atoms with Crippen LogP contribution in [0.1, 0.15) is 19.8 Å². The summed E-state index contributed by atoms with van der Waals surface area (Å²) in [5.74, 6) is -0.505. The molecule has 1 fully saturated rings. The first-order valence-corrected chi connectivity index (χ1v) is 7.52. The highest BCUT2D eigenvalue weighted by Gasteiger charge is 2.58. The van der Waals surface area contributed by atoms with Crippen LogP contribution in [0.3, 0.4) is 0 Å². The molecule has 2 rings (SSSR count). The van der Waals surface area contributed by atoms with Crippen molar-refractivity contribution in [1.82, 2.24) is 5.32 Å². The molecular formula is C14H18BrF2NO3. The first-order chi connectivity index (χ1) is 9.84. The predicted octanol–water partition coefficient (Wildman–Crippen LogP) is 1.93. The van der Waals surface area contributed by atoms with Crippen LogP contribution in [-0.4, -0.2) is 48.2 Å². The molecule has 1 heterocycles. The van der Waals surface area contributed by atoms with Crippen LogP contribution in [0.15, 0.2) is 22.2 Å². The number of nitrogens with one attached hydrogen (secondary N) is 1. The van der Waals surface area contributed by atoms with E-state index in [1.807, 2.05) is 0 Å². The molecule has 0 aromatic rings. The SMILES string of the molecule is CC(=O)NC1(C2=CC(Br)=CCC2F)COCCC1(F)CO. The third-order valence-corrected chi connectivity index (χ3v) is 4.56. The first-order valence-electron chi connectivity index (χ1n) is 6.73. The van der Waals surface area contributed by atoms with E-state index in [1.165, 1.54) is 13.0 Å². The molecule has 2 aliphatic rings. The summed E-state index contributed by atoms with van der Waals surface area (Å²) < 4.78 is 35.6. The van der Waals surface area contributed by atoms with Gasteiger partial charge in [-0.15, -0.1) is 0 Å². The van der Waals surface area contributed by atoms with E-state index >= 15 is 4.39 Å². The van der Waals surface area contributed by atoms with Gasteiger partial charge in [0.1, 0.15) is 11.7 Å². The fraction of sp³-hybridized carbons (Fsp3) is 0.643. The number of carbonyl (C=O) groups is 1. The van der Waals surface area contributed by atoms with Gasteiger partial charge in [0.15, 0.2) is 5.67 Å². The Balaban J connectivity index is 2.55. The zero-order valence-electron chi connectivity index (χ0n) is 11.7. The summed E-state index contributed by atoms with van der Waals surface area (Å²) in [4.78, 5) is 11.6. The van der Waals surface area contributed by atoms with Gasteiger partial charge in [-0.25, -0.2) is 8.78 Å². The molecule has 1 amide bonds. The van der Waals surface area contributed by atoms with E-state index in [2.05, 4.69) is 21.2 Å². The van der Waals surface area contributed by atoms with Gasteiger partial charge in [0.25, 0.3) is 0 Å². The van der Waals surface area contributed by atoms with Crippen molar-refractivity contribution < 1.29 is 23.4 Å². The van der Waals surface area contributed by atoms with E-state index in [0.717, 1.165) is 0 Å². The number of rotatable bonds is 3. The van der Waals surface area contributed by atoms with Crippen LogP contribution < -0.4 is 5.32 Å². The van der Waals surface area contributed by atoms with E-state index in [4.69, 9.17) is 4.74 Å². The molecule has 0 spiro atoms. The summed E-state index contributed by atoms with van der Waals surface area (Å²) in [6, 6.07) is 0. The summed E-state index contributed by atoms with van der Waals surface area (Å²) in [6.45, 7) is 0.313. The van der Waals surface area contributed by atoms with Gasteiger partial charge in [-0.1, -0.05) is 22.0 Å². The minimum atomic E-state index is -2.17. The van der Waals surface area contributed by atoms with Crippen molar-refractivity contribution in [1.29, 1.82) is 0 Å². The Morgan fingerprint density at radius 1 is 1.67 bits per heavy atom. The average Bonchev–Trinajstić information content (AvgIpc) is 2.43. The number of aliphatic hydroxyl groups excluding tert-OH is 1. The van der Waals surface area contributed by atoms with Gasteiger partial charge >= 0.3 is 0 Å². The Morgan fingerprint density at radius 2 is 2.38 bits per heavy atom. The van der Waals surface area contributed by atoms with Crippen molar-refractivity contribution >= 4 is 21.8 Å². The Labute approximate surface area is 130 Å². The minimum Gasteiger partial charge on any atom is -0.393 e. The molecule has 0 bridgehead atoms. The zero-order chi connectivity index (χ0) is 15.7. The Bertz CT molecular complexity index is 497. The van der Waals surface area contributed by atoms with Gasteiger partial charge in [0.2, 0.25) is 5.91 Å². The molecule has 0 aromatic heterocycles. The van der Waals surface area contributed by atoms with E-state index in [0.29, 0.717) is 4.48 Å². The summed E-state index contributed by atoms with van der Waals surface area (Å²) in [5.41, 5.74) is -3.78. The van der Waals surface area contributed by atoms with Gasteiger partial charge < -0.3 is 15.2 Å². The number of carbonyl (C=O) groups excluding carboxylic acids is 1. The maximum atomic E-state index is 15.3. The normalized spacial score (nSPS) is 36.7. The molecule has 118 valence electrons. The lowest BCUT2D eigenvalue weighted by Gasteiger charge is -2.50. The molecule has 2 N–H and O–H groups in total. The van der Waals surface area contributed by atoms with E-state index in [1.54, 1.807) is 6.08 Å². The molecule has 1 aliphatic heterocycles. The zero-order valence-corrected chi connectivity index (χ0v) is 13.3. The van der Waals surface area contributed by atoms with Crippen molar-refractivity contribution in [3.05, 3.63) is 22.2 Å². The first kappa shape index (κ1) is 16.6. The predicted molar refractivity (Wildman–Crippen MR) is 77.5 cm³/mol. The topological polar surface area (TPSA) is 58.6 Å². The number of amides is 1. The van der Waals surface area contributed by atoms with Crippen molar-refractivity contribution in [3.63, 3.8) is 0 Å². The second kappa shape index (κ2) is 6.14. The molecule has 4 nitrogen and oxygen atoms in total. The molecule has 0 aromatic carbocycles. The lowest BCUT2D eigenvalue weighted by molar-refractivity contribution is -0.135. The number of hydrogen-bond donors (Lipinski definition) is 2. The van der Waals surface area contributed by atoms with Crippen molar-refractivity contribution in [2.75, 3.05) is 19.8 Å². The fourth-order valence-electron chi connectivity index (χ4n) is 2.91. The lowest BCUT2D eigenvalue weighted by Crippen LogP contribution is -2.70. The molecule has 0 radical (unpaired) electrons. The molecule has 21 heavy (non-hydrogen) atoms. The quantitative estimate of drug-likeness (QED) is 0.803. The Kier molecular flexibility index (Phi) is 4.85. The maximum absolute atomic E-state index is 15.3. The van der Waals surface area contributed by atoms with Crippen molar-refractivity contribution in [3.8, 4) is 0 Å². The van der Waals surface area contributed by atoms with Gasteiger partial charge in [0.05, 0.1) is 13.2 Å². The van der Waals surface area contributed by atoms with Crippen LogP contribution in [0, 0.1) is 0 Å². The second-order valence-electron chi connectivity index (χ2n) is 5.40. The number of halogens is 3. The lowest BCUT2D eigenvalue weighted by atomic mass is 9.70. The molecule has 0 saturated carbocycles. The van der Waals surface area contributed by atoms with Gasteiger partial charge in [-0.05, 0) is 11.6 Å². The minimum absolute atomic E-state index is 0.0786. The molecule has 1 saturated heterocycles. The van der Waals surface area contributed by atoms with Gasteiger partial charge in [0, 0.05) is 30.9 Å². The van der Waals surface area contributed by atoms with E-state index in [-0.39, 0.29) is 31.6 Å². The second-order valence-corrected chi connectivity index (χ2v) is 6.32. The number of aliphatic hydroxyl groups is 1. The number of allylic oxidation sites excluding steroid dienone is 3. The summed E-state index contributed by atoms with van der Waals surface area (Å²) >= 11 is 3.25. The highest BCUT2D eigenvalue weighted by atomic mass is 79.9. The molecule has 1 aliphatic carbocycles. The number of alkyl halides is 2. The van der Waals surface area contributed by atoms with Crippen molar-refractivity contribution in [2.45, 2.75) is 37.1 Å². The van der Waals surface area contributed by atoms with Crippen LogP contribution in [0.5, 0.6) is 0 Å². The van der Waals surface area contributed by atoms with Gasteiger partial charge in [-0.2, -0.15) is 0 Å². The smallest absolute Gasteiger partial charge is 0.217 e. The molecule has 3 atom stereocenters. The highest BCUT2D eigenvalue weighted by Crippen LogP contribution is 2.44. The standard InChI is InChI=1S/C14H18BrF2NO3/c1-9(20)18-14(8-21-5-4-13(14,17)7-19)11-6-10(15)2-3-12(11)16/h2,6,12,19H,3-5,7-8H2,1H3,(H,18,20). The van der Waals surface area contributed by atoms with Crippen LogP contribution in [-0.2, 0) is 9.53 Å². The fourth-order valence-corrected chi connectivity index (χ4v) is 3.34. The molecular weight excluding hydrogens is 348 g/mol. The molecule has 7 heteroatoms. The number of ether oxygens (including phenoxy) is 1.